The number of carbonyl (C=O) groups is 2. The van der Waals surface area contributed by atoms with Crippen LogP contribution in [0.3, 0.4) is 0 Å². The van der Waals surface area contributed by atoms with Crippen LogP contribution in [0.4, 0.5) is 0 Å². The topological polar surface area (TPSA) is 67.9 Å². The smallest absolute Gasteiger partial charge is 0.251 e. The Hall–Kier alpha value is -3.02. The van der Waals surface area contributed by atoms with Crippen molar-refractivity contribution in [3.8, 4) is 11.5 Å². The minimum absolute atomic E-state index is 0.0345. The van der Waals surface area contributed by atoms with Crippen LogP contribution in [0.15, 0.2) is 42.5 Å². The van der Waals surface area contributed by atoms with Crippen LogP contribution in [0, 0.1) is 6.92 Å². The van der Waals surface area contributed by atoms with Gasteiger partial charge in [0.2, 0.25) is 12.7 Å². The summed E-state index contributed by atoms with van der Waals surface area (Å²) in [6, 6.07) is 13.0. The molecule has 0 atom stereocenters. The predicted molar refractivity (Wildman–Crippen MR) is 97.2 cm³/mol. The van der Waals surface area contributed by atoms with E-state index in [9.17, 15) is 9.59 Å². The zero-order valence-corrected chi connectivity index (χ0v) is 15.0. The zero-order chi connectivity index (χ0) is 18.5. The second kappa shape index (κ2) is 7.91. The summed E-state index contributed by atoms with van der Waals surface area (Å²) in [4.78, 5) is 26.1. The average Bonchev–Trinajstić information content (AvgIpc) is 3.09. The molecule has 2 amide bonds. The molecule has 1 aliphatic rings. The van der Waals surface area contributed by atoms with E-state index in [0.29, 0.717) is 24.4 Å². The lowest BCUT2D eigenvalue weighted by molar-refractivity contribution is -0.130. The molecule has 26 heavy (non-hydrogen) atoms. The number of nitrogens with zero attached hydrogens (tertiary/aromatic N) is 1. The van der Waals surface area contributed by atoms with E-state index < -0.39 is 0 Å². The third kappa shape index (κ3) is 4.14. The van der Waals surface area contributed by atoms with Gasteiger partial charge in [0.05, 0.1) is 0 Å². The number of amides is 2. The third-order valence-corrected chi connectivity index (χ3v) is 4.30. The highest BCUT2D eigenvalue weighted by Gasteiger charge is 2.16. The molecule has 2 aromatic rings. The van der Waals surface area contributed by atoms with E-state index in [1.807, 2.05) is 43.3 Å². The van der Waals surface area contributed by atoms with Crippen LogP contribution in [-0.4, -0.2) is 37.1 Å². The first-order valence-electron chi connectivity index (χ1n) is 8.51. The number of fused-ring (bicyclic) bond motifs is 1. The van der Waals surface area contributed by atoms with Crippen LogP contribution in [0.25, 0.3) is 0 Å². The SMILES string of the molecule is Cc1ccccc1C(=O)NCCC(=O)N(C)Cc1ccc2c(c1)OCO2. The van der Waals surface area contributed by atoms with Crippen molar-refractivity contribution in [1.29, 1.82) is 0 Å². The minimum atomic E-state index is -0.158. The summed E-state index contributed by atoms with van der Waals surface area (Å²) in [6.45, 7) is 2.89. The lowest BCUT2D eigenvalue weighted by Gasteiger charge is -2.18. The first kappa shape index (κ1) is 17.8. The largest absolute Gasteiger partial charge is 0.454 e. The van der Waals surface area contributed by atoms with Crippen molar-refractivity contribution >= 4 is 11.8 Å². The van der Waals surface area contributed by atoms with Gasteiger partial charge in [-0.05, 0) is 36.2 Å². The van der Waals surface area contributed by atoms with Crippen LogP contribution in [0.1, 0.15) is 27.9 Å². The Kier molecular flexibility index (Phi) is 5.41. The first-order valence-corrected chi connectivity index (χ1v) is 8.51. The number of nitrogens with one attached hydrogen (secondary N) is 1. The standard InChI is InChI=1S/C20H22N2O4/c1-14-5-3-4-6-16(14)20(24)21-10-9-19(23)22(2)12-15-7-8-17-18(11-15)26-13-25-17/h3-8,11H,9-10,12-13H2,1-2H3,(H,21,24). The Morgan fingerprint density at radius 2 is 1.88 bits per heavy atom. The lowest BCUT2D eigenvalue weighted by atomic mass is 10.1. The quantitative estimate of drug-likeness (QED) is 0.865. The molecule has 3 rings (SSSR count). The van der Waals surface area contributed by atoms with Gasteiger partial charge < -0.3 is 19.7 Å². The average molecular weight is 354 g/mol. The molecular weight excluding hydrogens is 332 g/mol. The van der Waals surface area contributed by atoms with E-state index in [1.54, 1.807) is 18.0 Å². The fourth-order valence-electron chi connectivity index (χ4n) is 2.80. The maximum Gasteiger partial charge on any atom is 0.251 e. The van der Waals surface area contributed by atoms with Crippen molar-refractivity contribution in [1.82, 2.24) is 10.2 Å². The van der Waals surface area contributed by atoms with E-state index in [4.69, 9.17) is 9.47 Å². The van der Waals surface area contributed by atoms with Crippen molar-refractivity contribution in [3.63, 3.8) is 0 Å². The molecule has 6 nitrogen and oxygen atoms in total. The van der Waals surface area contributed by atoms with E-state index in [1.165, 1.54) is 0 Å². The van der Waals surface area contributed by atoms with Crippen molar-refractivity contribution in [2.75, 3.05) is 20.4 Å². The third-order valence-electron chi connectivity index (χ3n) is 4.30. The van der Waals surface area contributed by atoms with Gasteiger partial charge in [-0.2, -0.15) is 0 Å². The highest BCUT2D eigenvalue weighted by atomic mass is 16.7. The summed E-state index contributed by atoms with van der Waals surface area (Å²) in [5, 5.41) is 2.80. The monoisotopic (exact) mass is 354 g/mol. The fourth-order valence-corrected chi connectivity index (χ4v) is 2.80. The molecule has 1 heterocycles. The molecule has 2 aromatic carbocycles. The Morgan fingerprint density at radius 3 is 2.69 bits per heavy atom. The maximum absolute atomic E-state index is 12.3. The van der Waals surface area contributed by atoms with Crippen molar-refractivity contribution < 1.29 is 19.1 Å². The normalized spacial score (nSPS) is 11.9. The number of hydrogen-bond acceptors (Lipinski definition) is 4. The lowest BCUT2D eigenvalue weighted by Crippen LogP contribution is -2.32. The van der Waals surface area contributed by atoms with Gasteiger partial charge in [0.25, 0.3) is 5.91 Å². The highest BCUT2D eigenvalue weighted by molar-refractivity contribution is 5.95. The fraction of sp³-hybridized carbons (Fsp3) is 0.300. The van der Waals surface area contributed by atoms with Gasteiger partial charge >= 0.3 is 0 Å². The number of carbonyl (C=O) groups excluding carboxylic acids is 2. The van der Waals surface area contributed by atoms with Gasteiger partial charge in [0.1, 0.15) is 0 Å². The number of ether oxygens (including phenoxy) is 2. The second-order valence-corrected chi connectivity index (χ2v) is 6.26. The summed E-state index contributed by atoms with van der Waals surface area (Å²) < 4.78 is 10.6. The van der Waals surface area contributed by atoms with Crippen molar-refractivity contribution in [3.05, 3.63) is 59.2 Å². The number of aryl methyl sites for hydroxylation is 1. The summed E-state index contributed by atoms with van der Waals surface area (Å²) >= 11 is 0. The molecule has 0 aliphatic carbocycles. The van der Waals surface area contributed by atoms with Gasteiger partial charge in [-0.1, -0.05) is 24.3 Å². The summed E-state index contributed by atoms with van der Waals surface area (Å²) in [5.41, 5.74) is 2.51. The van der Waals surface area contributed by atoms with Crippen molar-refractivity contribution in [2.24, 2.45) is 0 Å². The van der Waals surface area contributed by atoms with Crippen LogP contribution in [0.5, 0.6) is 11.5 Å². The summed E-state index contributed by atoms with van der Waals surface area (Å²) in [7, 11) is 1.75. The molecule has 1 N–H and O–H groups in total. The van der Waals surface area contributed by atoms with E-state index in [2.05, 4.69) is 5.32 Å². The predicted octanol–water partition coefficient (Wildman–Crippen LogP) is 2.50. The molecule has 0 bridgehead atoms. The molecule has 0 aromatic heterocycles. The van der Waals surface area contributed by atoms with Gasteiger partial charge in [-0.15, -0.1) is 0 Å². The number of hydrogen-bond donors (Lipinski definition) is 1. The second-order valence-electron chi connectivity index (χ2n) is 6.26. The van der Waals surface area contributed by atoms with E-state index in [0.717, 1.165) is 16.9 Å². The molecule has 0 fully saturated rings. The summed E-state index contributed by atoms with van der Waals surface area (Å²) in [5.74, 6) is 1.23. The Balaban J connectivity index is 1.47. The van der Waals surface area contributed by atoms with Gasteiger partial charge in [0.15, 0.2) is 11.5 Å². The van der Waals surface area contributed by atoms with Gasteiger partial charge in [-0.3, -0.25) is 9.59 Å². The van der Waals surface area contributed by atoms with E-state index in [-0.39, 0.29) is 25.0 Å². The molecule has 0 radical (unpaired) electrons. The molecule has 1 aliphatic heterocycles. The van der Waals surface area contributed by atoms with Gasteiger partial charge in [0, 0.05) is 32.1 Å². The van der Waals surface area contributed by atoms with Crippen LogP contribution >= 0.6 is 0 Å². The Morgan fingerprint density at radius 1 is 1.12 bits per heavy atom. The number of rotatable bonds is 6. The maximum atomic E-state index is 12.3. The molecule has 0 saturated carbocycles. The van der Waals surface area contributed by atoms with Crippen LogP contribution < -0.4 is 14.8 Å². The summed E-state index contributed by atoms with van der Waals surface area (Å²) in [6.07, 6.45) is 0.249. The number of benzene rings is 2. The highest BCUT2D eigenvalue weighted by Crippen LogP contribution is 2.32. The minimum Gasteiger partial charge on any atom is -0.454 e. The first-order chi connectivity index (χ1) is 12.5. The van der Waals surface area contributed by atoms with Crippen LogP contribution in [0.2, 0.25) is 0 Å². The molecular formula is C20H22N2O4. The Labute approximate surface area is 152 Å². The van der Waals surface area contributed by atoms with E-state index >= 15 is 0 Å². The zero-order valence-electron chi connectivity index (χ0n) is 15.0. The molecule has 0 unspecified atom stereocenters. The molecule has 0 saturated heterocycles. The van der Waals surface area contributed by atoms with Gasteiger partial charge in [-0.25, -0.2) is 0 Å². The molecule has 0 spiro atoms. The molecule has 6 heteroatoms. The van der Waals surface area contributed by atoms with Crippen LogP contribution in [-0.2, 0) is 11.3 Å². The van der Waals surface area contributed by atoms with Crippen molar-refractivity contribution in [2.45, 2.75) is 19.9 Å². The Bertz CT molecular complexity index is 819. The molecule has 136 valence electrons.